The third kappa shape index (κ3) is 10.5. The van der Waals surface area contributed by atoms with Gasteiger partial charge < -0.3 is 19.5 Å². The molecule has 1 atom stereocenters. The van der Waals surface area contributed by atoms with E-state index in [0.717, 1.165) is 6.42 Å². The Balaban J connectivity index is 0.000000711. The Bertz CT molecular complexity index is 285. The molecule has 1 fully saturated rings. The first-order valence-corrected chi connectivity index (χ1v) is 6.61. The third-order valence-corrected chi connectivity index (χ3v) is 1.98. The summed E-state index contributed by atoms with van der Waals surface area (Å²) in [6, 6.07) is 0. The second-order valence-corrected chi connectivity index (χ2v) is 5.17. The molecule has 1 saturated heterocycles. The number of ether oxygens (including phenoxy) is 3. The average molecular weight is 273 g/mol. The van der Waals surface area contributed by atoms with Crippen LogP contribution in [0.5, 0.6) is 0 Å². The summed E-state index contributed by atoms with van der Waals surface area (Å²) in [7, 11) is 0. The summed E-state index contributed by atoms with van der Waals surface area (Å²) in [6.45, 7) is 14.5. The Kier molecular flexibility index (Phi) is 8.43. The topological polar surface area (TPSA) is 56.8 Å². The number of hydrogen-bond acceptors (Lipinski definition) is 4. The Hall–Kier alpha value is -1.07. The highest BCUT2D eigenvalue weighted by atomic mass is 16.7. The molecule has 0 aromatic rings. The first kappa shape index (κ1) is 17.9. The van der Waals surface area contributed by atoms with Gasteiger partial charge >= 0.3 is 6.09 Å². The molecule has 1 amide bonds. The van der Waals surface area contributed by atoms with Gasteiger partial charge in [-0.15, -0.1) is 6.58 Å². The van der Waals surface area contributed by atoms with E-state index in [9.17, 15) is 4.79 Å². The van der Waals surface area contributed by atoms with E-state index >= 15 is 0 Å². The van der Waals surface area contributed by atoms with E-state index in [4.69, 9.17) is 14.2 Å². The SMILES string of the molecule is C=C(C)C.CCCOC(=O)NCC1COC(C)(C)O1. The molecule has 5 nitrogen and oxygen atoms in total. The van der Waals surface area contributed by atoms with Crippen LogP contribution in [0.3, 0.4) is 0 Å². The monoisotopic (exact) mass is 273 g/mol. The maximum atomic E-state index is 11.1. The summed E-state index contributed by atoms with van der Waals surface area (Å²) < 4.78 is 15.7. The maximum Gasteiger partial charge on any atom is 0.407 e. The van der Waals surface area contributed by atoms with Gasteiger partial charge in [0.2, 0.25) is 0 Å². The Labute approximate surface area is 116 Å². The maximum absolute atomic E-state index is 11.1. The van der Waals surface area contributed by atoms with Crippen molar-refractivity contribution in [3.63, 3.8) is 0 Å². The van der Waals surface area contributed by atoms with Crippen molar-refractivity contribution in [2.24, 2.45) is 0 Å². The molecule has 1 aliphatic heterocycles. The van der Waals surface area contributed by atoms with E-state index in [2.05, 4.69) is 11.9 Å². The van der Waals surface area contributed by atoms with Crippen molar-refractivity contribution in [1.82, 2.24) is 5.32 Å². The Morgan fingerprint density at radius 3 is 2.47 bits per heavy atom. The lowest BCUT2D eigenvalue weighted by Crippen LogP contribution is -2.34. The fourth-order valence-electron chi connectivity index (χ4n) is 1.31. The Morgan fingerprint density at radius 2 is 2.05 bits per heavy atom. The average Bonchev–Trinajstić information content (AvgIpc) is 2.63. The highest BCUT2D eigenvalue weighted by Crippen LogP contribution is 2.21. The van der Waals surface area contributed by atoms with E-state index in [-0.39, 0.29) is 6.10 Å². The highest BCUT2D eigenvalue weighted by Gasteiger charge is 2.32. The molecule has 1 aliphatic rings. The molecule has 0 aromatic heterocycles. The first-order valence-electron chi connectivity index (χ1n) is 6.61. The van der Waals surface area contributed by atoms with Crippen molar-refractivity contribution >= 4 is 6.09 Å². The normalized spacial score (nSPS) is 20.2. The minimum Gasteiger partial charge on any atom is -0.450 e. The molecular weight excluding hydrogens is 246 g/mol. The van der Waals surface area contributed by atoms with Crippen LogP contribution >= 0.6 is 0 Å². The lowest BCUT2D eigenvalue weighted by atomic mass is 10.4. The van der Waals surface area contributed by atoms with Gasteiger partial charge in [0, 0.05) is 6.54 Å². The van der Waals surface area contributed by atoms with Gasteiger partial charge in [0.1, 0.15) is 6.10 Å². The van der Waals surface area contributed by atoms with Gasteiger partial charge in [-0.1, -0.05) is 12.5 Å². The summed E-state index contributed by atoms with van der Waals surface area (Å²) in [6.07, 6.45) is 0.336. The molecule has 1 unspecified atom stereocenters. The van der Waals surface area contributed by atoms with Crippen molar-refractivity contribution in [2.75, 3.05) is 19.8 Å². The molecule has 1 rings (SSSR count). The largest absolute Gasteiger partial charge is 0.450 e. The van der Waals surface area contributed by atoms with Crippen LogP contribution in [-0.2, 0) is 14.2 Å². The second kappa shape index (κ2) is 8.93. The predicted octanol–water partition coefficient (Wildman–Crippen LogP) is 2.86. The van der Waals surface area contributed by atoms with Crippen LogP contribution in [0.2, 0.25) is 0 Å². The van der Waals surface area contributed by atoms with E-state index in [1.165, 1.54) is 5.57 Å². The number of carbonyl (C=O) groups excluding carboxylic acids is 1. The molecule has 0 radical (unpaired) electrons. The zero-order valence-electron chi connectivity index (χ0n) is 12.7. The van der Waals surface area contributed by atoms with Crippen LogP contribution in [0.4, 0.5) is 4.79 Å². The number of alkyl carbamates (subject to hydrolysis) is 1. The smallest absolute Gasteiger partial charge is 0.407 e. The second-order valence-electron chi connectivity index (χ2n) is 5.17. The number of nitrogens with one attached hydrogen (secondary N) is 1. The summed E-state index contributed by atoms with van der Waals surface area (Å²) >= 11 is 0. The molecule has 0 aliphatic carbocycles. The molecule has 0 saturated carbocycles. The number of amides is 1. The number of hydrogen-bond donors (Lipinski definition) is 1. The van der Waals surface area contributed by atoms with E-state index < -0.39 is 11.9 Å². The minimum atomic E-state index is -0.542. The zero-order chi connectivity index (χ0) is 14.9. The fourth-order valence-corrected chi connectivity index (χ4v) is 1.31. The number of allylic oxidation sites excluding steroid dienone is 1. The molecule has 1 heterocycles. The number of rotatable bonds is 4. The molecular formula is C14H27NO4. The van der Waals surface area contributed by atoms with E-state index in [0.29, 0.717) is 19.8 Å². The van der Waals surface area contributed by atoms with Gasteiger partial charge in [-0.25, -0.2) is 4.79 Å². The Morgan fingerprint density at radius 1 is 1.47 bits per heavy atom. The van der Waals surface area contributed by atoms with Crippen molar-refractivity contribution in [3.05, 3.63) is 12.2 Å². The highest BCUT2D eigenvalue weighted by molar-refractivity contribution is 5.67. The van der Waals surface area contributed by atoms with E-state index in [1.807, 2.05) is 34.6 Å². The minimum absolute atomic E-state index is 0.0887. The van der Waals surface area contributed by atoms with Crippen LogP contribution < -0.4 is 5.32 Å². The van der Waals surface area contributed by atoms with Crippen molar-refractivity contribution < 1.29 is 19.0 Å². The van der Waals surface area contributed by atoms with Crippen LogP contribution in [0, 0.1) is 0 Å². The fraction of sp³-hybridized carbons (Fsp3) is 0.786. The third-order valence-electron chi connectivity index (χ3n) is 1.98. The van der Waals surface area contributed by atoms with E-state index in [1.54, 1.807) is 0 Å². The van der Waals surface area contributed by atoms with Crippen molar-refractivity contribution in [2.45, 2.75) is 52.9 Å². The van der Waals surface area contributed by atoms with Gasteiger partial charge in [0.15, 0.2) is 5.79 Å². The van der Waals surface area contributed by atoms with Gasteiger partial charge in [0.25, 0.3) is 0 Å². The van der Waals surface area contributed by atoms with Gasteiger partial charge in [-0.05, 0) is 34.1 Å². The lowest BCUT2D eigenvalue weighted by molar-refractivity contribution is -0.137. The van der Waals surface area contributed by atoms with Crippen LogP contribution in [0.25, 0.3) is 0 Å². The molecule has 112 valence electrons. The lowest BCUT2D eigenvalue weighted by Gasteiger charge is -2.17. The summed E-state index contributed by atoms with van der Waals surface area (Å²) in [5.41, 5.74) is 1.17. The predicted molar refractivity (Wildman–Crippen MR) is 75.0 cm³/mol. The standard InChI is InChI=1S/C10H19NO4.C4H8/c1-4-5-13-9(12)11-6-8-7-14-10(2,3)15-8;1-4(2)3/h8H,4-7H2,1-3H3,(H,11,12);1H2,2-3H3. The van der Waals surface area contributed by atoms with Crippen molar-refractivity contribution in [3.8, 4) is 0 Å². The molecule has 1 N–H and O–H groups in total. The molecule has 0 spiro atoms. The van der Waals surface area contributed by atoms with Gasteiger partial charge in [-0.2, -0.15) is 0 Å². The van der Waals surface area contributed by atoms with Gasteiger partial charge in [0.05, 0.1) is 13.2 Å². The molecule has 5 heteroatoms. The molecule has 19 heavy (non-hydrogen) atoms. The van der Waals surface area contributed by atoms with Gasteiger partial charge in [-0.3, -0.25) is 0 Å². The quantitative estimate of drug-likeness (QED) is 0.800. The molecule has 0 aromatic carbocycles. The summed E-state index contributed by atoms with van der Waals surface area (Å²) in [4.78, 5) is 11.1. The van der Waals surface area contributed by atoms with Crippen molar-refractivity contribution in [1.29, 1.82) is 0 Å². The first-order chi connectivity index (χ1) is 8.76. The van der Waals surface area contributed by atoms with Crippen LogP contribution in [0.1, 0.15) is 41.0 Å². The summed E-state index contributed by atoms with van der Waals surface area (Å²) in [5, 5.41) is 2.63. The zero-order valence-corrected chi connectivity index (χ0v) is 12.7. The summed E-state index contributed by atoms with van der Waals surface area (Å²) in [5.74, 6) is -0.542. The van der Waals surface area contributed by atoms with Crippen LogP contribution in [-0.4, -0.2) is 37.7 Å². The molecule has 0 bridgehead atoms. The van der Waals surface area contributed by atoms with Crippen LogP contribution in [0.15, 0.2) is 12.2 Å². The number of carbonyl (C=O) groups is 1.